The van der Waals surface area contributed by atoms with Gasteiger partial charge in [-0.15, -0.1) is 0 Å². The van der Waals surface area contributed by atoms with Crippen LogP contribution in [0.5, 0.6) is 0 Å². The lowest BCUT2D eigenvalue weighted by atomic mass is 10.0. The van der Waals surface area contributed by atoms with Crippen molar-refractivity contribution in [3.63, 3.8) is 0 Å². The fraction of sp³-hybridized carbons (Fsp3) is 0.538. The number of benzene rings is 1. The molecule has 0 bridgehead atoms. The molecule has 16 heavy (non-hydrogen) atoms. The molecule has 0 atom stereocenters. The maximum atomic E-state index is 3.58. The third kappa shape index (κ3) is 2.30. The third-order valence-electron chi connectivity index (χ3n) is 3.38. The number of halogens is 2. The molecule has 1 nitrogen and oxygen atoms in total. The molecular weight excluding hydrogens is 330 g/mol. The molecule has 1 heterocycles. The van der Waals surface area contributed by atoms with Gasteiger partial charge in [-0.3, -0.25) is 0 Å². The summed E-state index contributed by atoms with van der Waals surface area (Å²) >= 11 is 7.14. The van der Waals surface area contributed by atoms with Crippen LogP contribution in [-0.4, -0.2) is 12.1 Å². The van der Waals surface area contributed by atoms with Crippen molar-refractivity contribution in [3.8, 4) is 0 Å². The van der Waals surface area contributed by atoms with Crippen molar-refractivity contribution < 1.29 is 0 Å². The molecule has 0 radical (unpaired) electrons. The van der Waals surface area contributed by atoms with E-state index in [1.54, 1.807) is 0 Å². The average Bonchev–Trinajstić information content (AvgIpc) is 2.58. The van der Waals surface area contributed by atoms with E-state index in [2.05, 4.69) is 68.8 Å². The van der Waals surface area contributed by atoms with Crippen molar-refractivity contribution in [1.29, 1.82) is 0 Å². The Bertz CT molecular complexity index is 388. The lowest BCUT2D eigenvalue weighted by Gasteiger charge is -2.35. The second kappa shape index (κ2) is 4.69. The van der Waals surface area contributed by atoms with Gasteiger partial charge in [-0.1, -0.05) is 37.9 Å². The van der Waals surface area contributed by atoms with Crippen LogP contribution in [0, 0.1) is 0 Å². The second-order valence-electron chi connectivity index (χ2n) is 4.97. The van der Waals surface area contributed by atoms with Gasteiger partial charge in [-0.25, -0.2) is 0 Å². The standard InChI is InChI=1S/C13H17Br2N/c1-13(2)6-3-7-16(13)12-8-11(15)5-4-10(12)9-14/h4-5,8H,3,6-7,9H2,1-2H3. The SMILES string of the molecule is CC1(C)CCCN1c1cc(Br)ccc1CBr. The summed E-state index contributed by atoms with van der Waals surface area (Å²) in [7, 11) is 0. The van der Waals surface area contributed by atoms with Crippen LogP contribution in [0.4, 0.5) is 5.69 Å². The zero-order valence-electron chi connectivity index (χ0n) is 9.76. The summed E-state index contributed by atoms with van der Waals surface area (Å²) in [6.07, 6.45) is 2.57. The maximum Gasteiger partial charge on any atom is 0.0423 e. The number of anilines is 1. The van der Waals surface area contributed by atoms with Gasteiger partial charge in [0.25, 0.3) is 0 Å². The van der Waals surface area contributed by atoms with Crippen LogP contribution >= 0.6 is 31.9 Å². The lowest BCUT2D eigenvalue weighted by Crippen LogP contribution is -2.38. The Morgan fingerprint density at radius 3 is 2.69 bits per heavy atom. The molecule has 0 aromatic heterocycles. The van der Waals surface area contributed by atoms with Gasteiger partial charge in [-0.05, 0) is 44.4 Å². The summed E-state index contributed by atoms with van der Waals surface area (Å²) in [6.45, 7) is 5.83. The van der Waals surface area contributed by atoms with Crippen molar-refractivity contribution in [1.82, 2.24) is 0 Å². The molecule has 0 amide bonds. The molecule has 1 fully saturated rings. The zero-order valence-corrected chi connectivity index (χ0v) is 12.9. The molecule has 0 spiro atoms. The Kier molecular flexibility index (Phi) is 3.65. The highest BCUT2D eigenvalue weighted by molar-refractivity contribution is 9.10. The van der Waals surface area contributed by atoms with E-state index in [1.165, 1.54) is 30.6 Å². The van der Waals surface area contributed by atoms with Crippen molar-refractivity contribution in [3.05, 3.63) is 28.2 Å². The van der Waals surface area contributed by atoms with Crippen molar-refractivity contribution >= 4 is 37.5 Å². The molecule has 1 aliphatic heterocycles. The van der Waals surface area contributed by atoms with Crippen LogP contribution in [0.15, 0.2) is 22.7 Å². The van der Waals surface area contributed by atoms with E-state index in [4.69, 9.17) is 0 Å². The van der Waals surface area contributed by atoms with E-state index in [0.29, 0.717) is 0 Å². The molecule has 0 N–H and O–H groups in total. The van der Waals surface area contributed by atoms with Crippen LogP contribution in [0.1, 0.15) is 32.3 Å². The van der Waals surface area contributed by atoms with Crippen molar-refractivity contribution in [2.75, 3.05) is 11.4 Å². The zero-order chi connectivity index (χ0) is 11.8. The molecule has 1 saturated heterocycles. The van der Waals surface area contributed by atoms with Crippen molar-refractivity contribution in [2.45, 2.75) is 37.6 Å². The summed E-state index contributed by atoms with van der Waals surface area (Å²) in [5.41, 5.74) is 3.03. The Balaban J connectivity index is 2.42. The van der Waals surface area contributed by atoms with Gasteiger partial charge in [0.15, 0.2) is 0 Å². The fourth-order valence-corrected chi connectivity index (χ4v) is 3.28. The summed E-state index contributed by atoms with van der Waals surface area (Å²) in [4.78, 5) is 2.54. The van der Waals surface area contributed by atoms with Gasteiger partial charge < -0.3 is 4.90 Å². The Morgan fingerprint density at radius 1 is 1.38 bits per heavy atom. The minimum absolute atomic E-state index is 0.289. The first kappa shape index (κ1) is 12.4. The predicted octanol–water partition coefficient (Wildman–Crippen LogP) is 4.72. The van der Waals surface area contributed by atoms with Gasteiger partial charge in [0, 0.05) is 27.6 Å². The highest BCUT2D eigenvalue weighted by atomic mass is 79.9. The number of hydrogen-bond donors (Lipinski definition) is 0. The quantitative estimate of drug-likeness (QED) is 0.700. The van der Waals surface area contributed by atoms with Crippen LogP contribution in [-0.2, 0) is 5.33 Å². The highest BCUT2D eigenvalue weighted by Gasteiger charge is 2.32. The van der Waals surface area contributed by atoms with Crippen LogP contribution in [0.2, 0.25) is 0 Å². The minimum atomic E-state index is 0.289. The number of rotatable bonds is 2. The molecule has 2 rings (SSSR count). The number of alkyl halides is 1. The molecule has 0 aliphatic carbocycles. The monoisotopic (exact) mass is 345 g/mol. The van der Waals surface area contributed by atoms with Gasteiger partial charge in [0.05, 0.1) is 0 Å². The number of nitrogens with zero attached hydrogens (tertiary/aromatic N) is 1. The number of hydrogen-bond acceptors (Lipinski definition) is 1. The molecule has 0 saturated carbocycles. The van der Waals surface area contributed by atoms with E-state index in [0.717, 1.165) is 9.80 Å². The molecule has 88 valence electrons. The molecule has 1 aliphatic rings. The Morgan fingerprint density at radius 2 is 2.12 bits per heavy atom. The Hall–Kier alpha value is -0.0200. The van der Waals surface area contributed by atoms with E-state index >= 15 is 0 Å². The predicted molar refractivity (Wildman–Crippen MR) is 77.4 cm³/mol. The molecular formula is C13H17Br2N. The van der Waals surface area contributed by atoms with E-state index < -0.39 is 0 Å². The first-order valence-electron chi connectivity index (χ1n) is 5.66. The van der Waals surface area contributed by atoms with Gasteiger partial charge in [0.2, 0.25) is 0 Å². The van der Waals surface area contributed by atoms with Gasteiger partial charge in [0.1, 0.15) is 0 Å². The second-order valence-corrected chi connectivity index (χ2v) is 6.45. The van der Waals surface area contributed by atoms with Crippen LogP contribution < -0.4 is 4.90 Å². The molecule has 1 aromatic carbocycles. The van der Waals surface area contributed by atoms with Gasteiger partial charge >= 0.3 is 0 Å². The molecule has 0 unspecified atom stereocenters. The van der Waals surface area contributed by atoms with E-state index in [1.807, 2.05) is 0 Å². The summed E-state index contributed by atoms with van der Waals surface area (Å²) in [5.74, 6) is 0. The summed E-state index contributed by atoms with van der Waals surface area (Å²) in [6, 6.07) is 6.55. The first-order valence-corrected chi connectivity index (χ1v) is 7.58. The smallest absolute Gasteiger partial charge is 0.0423 e. The highest BCUT2D eigenvalue weighted by Crippen LogP contribution is 2.37. The van der Waals surface area contributed by atoms with E-state index in [9.17, 15) is 0 Å². The lowest BCUT2D eigenvalue weighted by molar-refractivity contribution is 0.517. The third-order valence-corrected chi connectivity index (χ3v) is 4.48. The maximum absolute atomic E-state index is 3.58. The van der Waals surface area contributed by atoms with Crippen LogP contribution in [0.3, 0.4) is 0 Å². The van der Waals surface area contributed by atoms with E-state index in [-0.39, 0.29) is 5.54 Å². The Labute approximate surface area is 114 Å². The topological polar surface area (TPSA) is 3.24 Å². The average molecular weight is 347 g/mol. The normalized spacial score (nSPS) is 19.1. The summed E-state index contributed by atoms with van der Waals surface area (Å²) < 4.78 is 1.16. The first-order chi connectivity index (χ1) is 7.54. The fourth-order valence-electron chi connectivity index (χ4n) is 2.46. The van der Waals surface area contributed by atoms with Crippen LogP contribution in [0.25, 0.3) is 0 Å². The summed E-state index contributed by atoms with van der Waals surface area (Å²) in [5, 5.41) is 0.919. The minimum Gasteiger partial charge on any atom is -0.366 e. The van der Waals surface area contributed by atoms with Gasteiger partial charge in [-0.2, -0.15) is 0 Å². The van der Waals surface area contributed by atoms with Crippen molar-refractivity contribution in [2.24, 2.45) is 0 Å². The molecule has 1 aromatic rings. The molecule has 3 heteroatoms. The largest absolute Gasteiger partial charge is 0.366 e.